The average Bonchev–Trinajstić information content (AvgIpc) is 3.49. The Morgan fingerprint density at radius 3 is 1.00 bits per heavy atom. The summed E-state index contributed by atoms with van der Waals surface area (Å²) in [5.74, 6) is -2.27. The van der Waals surface area contributed by atoms with Crippen LogP contribution in [0.4, 0.5) is 0 Å². The molecule has 9 nitrogen and oxygen atoms in total. The molecule has 2 atom stereocenters. The molecule has 0 N–H and O–H groups in total. The van der Waals surface area contributed by atoms with Gasteiger partial charge in [0.1, 0.15) is 13.2 Å². The number of rotatable bonds is 67. The molecule has 0 aliphatic heterocycles. The van der Waals surface area contributed by atoms with Crippen LogP contribution in [0, 0.1) is 0 Å². The molecule has 0 radical (unpaired) electrons. The number of esters is 2. The number of carbonyl (C=O) groups excluding carboxylic acids is 3. The van der Waals surface area contributed by atoms with E-state index in [-0.39, 0.29) is 32.2 Å². The first-order valence-corrected chi connectivity index (χ1v) is 36.1. The minimum absolute atomic E-state index is 0.147. The molecule has 0 aromatic carbocycles. The van der Waals surface area contributed by atoms with Gasteiger partial charge >= 0.3 is 11.9 Å². The van der Waals surface area contributed by atoms with E-state index in [1.807, 2.05) is 21.1 Å². The first kappa shape index (κ1) is 81.7. The van der Waals surface area contributed by atoms with E-state index in [0.29, 0.717) is 23.9 Å². The van der Waals surface area contributed by atoms with Crippen molar-refractivity contribution < 1.29 is 42.9 Å². The number of carboxylic acid groups (broad SMARTS) is 1. The third-order valence-electron chi connectivity index (χ3n) is 16.0. The Hall–Kier alpha value is -3.27. The second kappa shape index (κ2) is 66.7. The monoisotopic (exact) mass is 1190 g/mol. The number of carboxylic acids is 1. The fourth-order valence-corrected chi connectivity index (χ4v) is 10.5. The third-order valence-corrected chi connectivity index (χ3v) is 16.0. The number of hydrogen-bond donors (Lipinski definition) is 0. The summed E-state index contributed by atoms with van der Waals surface area (Å²) in [6.45, 7) is 4.68. The summed E-state index contributed by atoms with van der Waals surface area (Å²) in [5, 5.41) is 11.8. The molecule has 0 spiro atoms. The van der Waals surface area contributed by atoms with Crippen molar-refractivity contribution in [3.63, 3.8) is 0 Å². The molecular formula is C76H137NO8. The van der Waals surface area contributed by atoms with Gasteiger partial charge < -0.3 is 33.3 Å². The highest BCUT2D eigenvalue weighted by Crippen LogP contribution is 2.19. The average molecular weight is 1190 g/mol. The number of carbonyl (C=O) groups is 3. The maximum absolute atomic E-state index is 12.9. The molecule has 494 valence electrons. The second-order valence-corrected chi connectivity index (χ2v) is 25.5. The Bertz CT molecular complexity index is 1620. The van der Waals surface area contributed by atoms with Crippen molar-refractivity contribution in [1.82, 2.24) is 0 Å². The lowest BCUT2D eigenvalue weighted by molar-refractivity contribution is -0.870. The first-order chi connectivity index (χ1) is 41.6. The number of hydrogen-bond acceptors (Lipinski definition) is 8. The topological polar surface area (TPSA) is 111 Å². The zero-order valence-electron chi connectivity index (χ0n) is 56.5. The van der Waals surface area contributed by atoms with Crippen LogP contribution in [0.15, 0.2) is 72.9 Å². The van der Waals surface area contributed by atoms with Gasteiger partial charge in [0.15, 0.2) is 12.4 Å². The fraction of sp³-hybridized carbons (Fsp3) is 0.803. The molecule has 0 aromatic heterocycles. The lowest BCUT2D eigenvalue weighted by Crippen LogP contribution is -2.44. The number of likely N-dealkylation sites (N-methyl/N-ethyl adjacent to an activating group) is 1. The Kier molecular flexibility index (Phi) is 64.1. The van der Waals surface area contributed by atoms with Crippen molar-refractivity contribution in [3.05, 3.63) is 72.9 Å². The highest BCUT2D eigenvalue weighted by Gasteiger charge is 2.22. The van der Waals surface area contributed by atoms with E-state index in [4.69, 9.17) is 18.9 Å². The lowest BCUT2D eigenvalue weighted by atomic mass is 10.0. The zero-order valence-corrected chi connectivity index (χ0v) is 56.5. The molecule has 0 fully saturated rings. The van der Waals surface area contributed by atoms with Gasteiger partial charge in [-0.05, 0) is 64.2 Å². The summed E-state index contributed by atoms with van der Waals surface area (Å²) in [6, 6.07) is 0. The summed E-state index contributed by atoms with van der Waals surface area (Å²) >= 11 is 0. The molecule has 0 saturated heterocycles. The smallest absolute Gasteiger partial charge is 0.306 e. The van der Waals surface area contributed by atoms with Crippen LogP contribution in [0.5, 0.6) is 0 Å². The molecule has 0 aliphatic carbocycles. The quantitative estimate of drug-likeness (QED) is 0.0195. The molecule has 0 amide bonds. The second-order valence-electron chi connectivity index (χ2n) is 25.5. The van der Waals surface area contributed by atoms with Crippen molar-refractivity contribution in [3.8, 4) is 0 Å². The van der Waals surface area contributed by atoms with E-state index in [1.54, 1.807) is 0 Å². The number of aliphatic carboxylic acids is 1. The van der Waals surface area contributed by atoms with E-state index < -0.39 is 24.3 Å². The third kappa shape index (κ3) is 68.1. The highest BCUT2D eigenvalue weighted by molar-refractivity contribution is 5.70. The molecule has 0 aromatic rings. The van der Waals surface area contributed by atoms with Crippen molar-refractivity contribution in [2.45, 2.75) is 347 Å². The van der Waals surface area contributed by atoms with E-state index in [9.17, 15) is 19.5 Å². The van der Waals surface area contributed by atoms with E-state index in [1.165, 1.54) is 225 Å². The number of allylic oxidation sites excluding steroid dienone is 12. The molecule has 85 heavy (non-hydrogen) atoms. The standard InChI is InChI=1S/C76H137NO8/c1-6-8-10-12-14-16-18-20-22-24-26-28-30-32-34-36-37-39-41-43-45-47-49-51-53-55-57-59-61-63-65-67-74(79)85-72(71-84-76(75(80)81)82-69-68-77(3,4)5)70-83-73(78)66-64-62-60-58-56-54-52-50-48-46-44-42-40-38-35-33-31-29-27-25-23-21-19-17-15-13-11-9-7-2/h8,10,14,16,20,22,26,28,32,34,37,39,72,76H,6-7,9,11-13,15,17-19,21,23-25,27,29-31,33,35-36,38,40-71H2,1-5H3/b10-8-,16-14-,22-20-,28-26-,34-32-,39-37-. The summed E-state index contributed by atoms with van der Waals surface area (Å²) in [7, 11) is 5.94. The van der Waals surface area contributed by atoms with Gasteiger partial charge in [-0.25, -0.2) is 0 Å². The van der Waals surface area contributed by atoms with Crippen LogP contribution in [0.3, 0.4) is 0 Å². The Morgan fingerprint density at radius 1 is 0.365 bits per heavy atom. The highest BCUT2D eigenvalue weighted by atomic mass is 16.7. The number of quaternary nitrogens is 1. The van der Waals surface area contributed by atoms with Gasteiger partial charge in [-0.2, -0.15) is 0 Å². The van der Waals surface area contributed by atoms with Crippen LogP contribution in [0.1, 0.15) is 335 Å². The van der Waals surface area contributed by atoms with Crippen LogP contribution in [-0.2, 0) is 33.3 Å². The normalized spacial score (nSPS) is 13.1. The van der Waals surface area contributed by atoms with Gasteiger partial charge in [0.2, 0.25) is 0 Å². The van der Waals surface area contributed by atoms with Crippen LogP contribution in [0.25, 0.3) is 0 Å². The van der Waals surface area contributed by atoms with E-state index in [0.717, 1.165) is 77.0 Å². The van der Waals surface area contributed by atoms with Crippen LogP contribution in [0.2, 0.25) is 0 Å². The predicted molar refractivity (Wildman–Crippen MR) is 361 cm³/mol. The maximum Gasteiger partial charge on any atom is 0.306 e. The van der Waals surface area contributed by atoms with E-state index >= 15 is 0 Å². The molecular weight excluding hydrogens is 1050 g/mol. The summed E-state index contributed by atoms with van der Waals surface area (Å²) in [6.07, 6.45) is 85.6. The van der Waals surface area contributed by atoms with Gasteiger partial charge in [0.05, 0.1) is 40.3 Å². The number of nitrogens with zero attached hydrogens (tertiary/aromatic N) is 1. The predicted octanol–water partition coefficient (Wildman–Crippen LogP) is 21.1. The Labute approximate surface area is 526 Å². The fourth-order valence-electron chi connectivity index (χ4n) is 10.5. The minimum Gasteiger partial charge on any atom is -0.545 e. The molecule has 0 bridgehead atoms. The summed E-state index contributed by atoms with van der Waals surface area (Å²) in [5.41, 5.74) is 0. The lowest BCUT2D eigenvalue weighted by Gasteiger charge is -2.26. The van der Waals surface area contributed by atoms with Crippen molar-refractivity contribution in [1.29, 1.82) is 0 Å². The largest absolute Gasteiger partial charge is 0.545 e. The Balaban J connectivity index is 4.09. The van der Waals surface area contributed by atoms with Crippen LogP contribution in [-0.4, -0.2) is 82.3 Å². The first-order valence-electron chi connectivity index (χ1n) is 36.1. The van der Waals surface area contributed by atoms with Gasteiger partial charge in [0, 0.05) is 12.8 Å². The zero-order chi connectivity index (χ0) is 61.9. The van der Waals surface area contributed by atoms with Crippen molar-refractivity contribution in [2.24, 2.45) is 0 Å². The number of ether oxygens (including phenoxy) is 4. The van der Waals surface area contributed by atoms with E-state index in [2.05, 4.69) is 86.8 Å². The molecule has 0 rings (SSSR count). The van der Waals surface area contributed by atoms with Gasteiger partial charge in [-0.15, -0.1) is 0 Å². The molecule has 9 heteroatoms. The van der Waals surface area contributed by atoms with Crippen molar-refractivity contribution in [2.75, 3.05) is 47.5 Å². The van der Waals surface area contributed by atoms with Crippen molar-refractivity contribution >= 4 is 17.9 Å². The molecule has 0 heterocycles. The minimum atomic E-state index is -1.62. The van der Waals surface area contributed by atoms with Gasteiger partial charge in [-0.1, -0.05) is 331 Å². The molecule has 0 saturated carbocycles. The Morgan fingerprint density at radius 2 is 0.671 bits per heavy atom. The summed E-state index contributed by atoms with van der Waals surface area (Å²) < 4.78 is 22.8. The van der Waals surface area contributed by atoms with Gasteiger partial charge in [0.25, 0.3) is 0 Å². The molecule has 2 unspecified atom stereocenters. The van der Waals surface area contributed by atoms with Gasteiger partial charge in [-0.3, -0.25) is 9.59 Å². The van der Waals surface area contributed by atoms with Crippen LogP contribution >= 0.6 is 0 Å². The summed E-state index contributed by atoms with van der Waals surface area (Å²) in [4.78, 5) is 37.5. The number of unbranched alkanes of at least 4 members (excludes halogenated alkanes) is 40. The molecule has 0 aliphatic rings. The SMILES string of the molecule is CC/C=C\C/C=C\C/C=C\C/C=C\C/C=C\C/C=C\CCCCCCCCCCCCCCC(=O)OC(COC(=O)CCCCCCCCCCCCCCCCCCCCCCCCCCCCCCC)COC(OCC[N+](C)(C)C)C(=O)[O-]. The van der Waals surface area contributed by atoms with Crippen LogP contribution < -0.4 is 5.11 Å². The maximum atomic E-state index is 12.9.